The molecule has 5 nitrogen and oxygen atoms in total. The number of rotatable bonds is 7. The quantitative estimate of drug-likeness (QED) is 0.162. The van der Waals surface area contributed by atoms with Gasteiger partial charge < -0.3 is 4.42 Å². The Labute approximate surface area is 347 Å². The van der Waals surface area contributed by atoms with Crippen molar-refractivity contribution in [3.63, 3.8) is 0 Å². The predicted molar refractivity (Wildman–Crippen MR) is 247 cm³/mol. The first-order valence-corrected chi connectivity index (χ1v) is 20.2. The largest absolute Gasteiger partial charge is 0.452 e. The van der Waals surface area contributed by atoms with Crippen LogP contribution in [0.1, 0.15) is 23.1 Å². The molecule has 0 saturated carbocycles. The molecule has 0 unspecified atom stereocenters. The van der Waals surface area contributed by atoms with E-state index in [9.17, 15) is 0 Å². The van der Waals surface area contributed by atoms with E-state index in [1.54, 1.807) is 6.33 Å². The van der Waals surface area contributed by atoms with Crippen LogP contribution in [0.5, 0.6) is 0 Å². The lowest BCUT2D eigenvalue weighted by molar-refractivity contribution is 0.667. The molecule has 0 N–H and O–H groups in total. The van der Waals surface area contributed by atoms with Crippen LogP contribution in [0.2, 0.25) is 0 Å². The summed E-state index contributed by atoms with van der Waals surface area (Å²) in [6.07, 6.45) is 4.49. The van der Waals surface area contributed by atoms with E-state index in [2.05, 4.69) is 182 Å². The number of hydrogen-bond acceptors (Lipinski definition) is 5. The van der Waals surface area contributed by atoms with E-state index in [0.717, 1.165) is 94.4 Å². The van der Waals surface area contributed by atoms with E-state index in [4.69, 9.17) is 24.4 Å². The Balaban J connectivity index is 0.898. The Morgan fingerprint density at radius 2 is 0.983 bits per heavy atom. The average Bonchev–Trinajstić information content (AvgIpc) is 3.58. The Morgan fingerprint density at radius 3 is 1.73 bits per heavy atom. The van der Waals surface area contributed by atoms with Gasteiger partial charge in [0.2, 0.25) is 0 Å². The highest BCUT2D eigenvalue weighted by Crippen LogP contribution is 2.38. The molecule has 5 heteroatoms. The molecule has 3 heterocycles. The summed E-state index contributed by atoms with van der Waals surface area (Å²) in [5.41, 5.74) is 15.9. The number of fused-ring (bicyclic) bond motifs is 5. The van der Waals surface area contributed by atoms with Crippen LogP contribution in [0.4, 0.5) is 0 Å². The van der Waals surface area contributed by atoms with Crippen molar-refractivity contribution in [1.82, 2.24) is 9.97 Å². The first-order valence-electron chi connectivity index (χ1n) is 20.2. The molecule has 0 radical (unpaired) electrons. The van der Waals surface area contributed by atoms with Gasteiger partial charge in [0.1, 0.15) is 23.1 Å². The van der Waals surface area contributed by atoms with Crippen LogP contribution >= 0.6 is 0 Å². The fourth-order valence-electron chi connectivity index (χ4n) is 8.22. The van der Waals surface area contributed by atoms with E-state index in [0.29, 0.717) is 17.8 Å². The number of hydrogen-bond donors (Lipinski definition) is 0. The maximum atomic E-state index is 6.46. The van der Waals surface area contributed by atoms with Crippen molar-refractivity contribution in [2.45, 2.75) is 6.42 Å². The Bertz CT molecular complexity index is 3310. The van der Waals surface area contributed by atoms with Crippen molar-refractivity contribution in [3.05, 3.63) is 223 Å². The van der Waals surface area contributed by atoms with Crippen LogP contribution < -0.4 is 0 Å². The summed E-state index contributed by atoms with van der Waals surface area (Å²) < 4.78 is 6.46. The van der Waals surface area contributed by atoms with Crippen molar-refractivity contribution in [3.8, 4) is 44.6 Å². The molecule has 0 spiro atoms. The topological polar surface area (TPSA) is 63.6 Å². The molecule has 0 atom stereocenters. The second kappa shape index (κ2) is 15.1. The fourth-order valence-corrected chi connectivity index (χ4v) is 8.22. The van der Waals surface area contributed by atoms with Gasteiger partial charge in [0, 0.05) is 17.5 Å². The highest BCUT2D eigenvalue weighted by Gasteiger charge is 2.18. The molecular formula is C55H36N4O. The van der Waals surface area contributed by atoms with Crippen molar-refractivity contribution in [2.24, 2.45) is 9.98 Å². The summed E-state index contributed by atoms with van der Waals surface area (Å²) in [4.78, 5) is 19.8. The molecule has 0 aliphatic carbocycles. The minimum absolute atomic E-state index is 0.660. The molecule has 1 aliphatic heterocycles. The highest BCUT2D eigenvalue weighted by atomic mass is 16.3. The van der Waals surface area contributed by atoms with Crippen molar-refractivity contribution in [2.75, 3.05) is 0 Å². The van der Waals surface area contributed by atoms with Gasteiger partial charge in [-0.15, -0.1) is 0 Å². The van der Waals surface area contributed by atoms with Crippen LogP contribution in [0, 0.1) is 0 Å². The zero-order valence-electron chi connectivity index (χ0n) is 32.5. The number of allylic oxidation sites excluding steroid dienone is 1. The Hall–Kier alpha value is -8.02. The third-order valence-electron chi connectivity index (χ3n) is 11.3. The Kier molecular flexibility index (Phi) is 8.82. The number of benzene rings is 8. The molecule has 282 valence electrons. The number of nitrogens with zero attached hydrogens (tertiary/aromatic N) is 4. The molecule has 11 rings (SSSR count). The smallest absolute Gasteiger partial charge is 0.180 e. The lowest BCUT2D eigenvalue weighted by Crippen LogP contribution is -2.05. The maximum Gasteiger partial charge on any atom is 0.180 e. The van der Waals surface area contributed by atoms with E-state index >= 15 is 0 Å². The third-order valence-corrected chi connectivity index (χ3v) is 11.3. The van der Waals surface area contributed by atoms with Gasteiger partial charge >= 0.3 is 0 Å². The lowest BCUT2D eigenvalue weighted by atomic mass is 9.96. The van der Waals surface area contributed by atoms with Crippen molar-refractivity contribution >= 4 is 50.1 Å². The van der Waals surface area contributed by atoms with Crippen molar-refractivity contribution in [1.29, 1.82) is 0 Å². The summed E-state index contributed by atoms with van der Waals surface area (Å²) in [6, 6.07) is 67.7. The summed E-state index contributed by atoms with van der Waals surface area (Å²) >= 11 is 0. The van der Waals surface area contributed by atoms with Crippen molar-refractivity contribution < 1.29 is 4.42 Å². The molecule has 0 amide bonds. The molecule has 0 bridgehead atoms. The normalized spacial score (nSPS) is 12.9. The molecule has 0 fully saturated rings. The minimum Gasteiger partial charge on any atom is -0.452 e. The zero-order chi connectivity index (χ0) is 39.8. The third kappa shape index (κ3) is 6.58. The van der Waals surface area contributed by atoms with E-state index in [1.165, 1.54) is 5.56 Å². The van der Waals surface area contributed by atoms with Gasteiger partial charge in [-0.3, -0.25) is 0 Å². The molecule has 8 aromatic carbocycles. The highest BCUT2D eigenvalue weighted by molar-refractivity contribution is 6.19. The van der Waals surface area contributed by atoms with Crippen LogP contribution in [-0.2, 0) is 0 Å². The number of amidine groups is 1. The molecule has 2 aromatic heterocycles. The number of aliphatic imine (C=N–C) groups is 2. The summed E-state index contributed by atoms with van der Waals surface area (Å²) in [5, 5.41) is 3.29. The average molecular weight is 769 g/mol. The van der Waals surface area contributed by atoms with Crippen LogP contribution in [0.3, 0.4) is 0 Å². The van der Waals surface area contributed by atoms with E-state index < -0.39 is 0 Å². The second-order valence-corrected chi connectivity index (χ2v) is 15.0. The lowest BCUT2D eigenvalue weighted by Gasteiger charge is -2.10. The SMILES string of the molecule is C1=C(c2ccccc2)N=C(c2ccc(-c3ccccc3)cc2)N=C(c2ccc(-c3cccc(-c4cccc(-c5ncnc6c5oc5ccc7ccccc7c56)c4)c3)cc2)C1. The molecule has 1 aliphatic rings. The molecule has 0 saturated heterocycles. The number of furan rings is 1. The van der Waals surface area contributed by atoms with Crippen LogP contribution in [-0.4, -0.2) is 21.5 Å². The minimum atomic E-state index is 0.660. The maximum absolute atomic E-state index is 6.46. The van der Waals surface area contributed by atoms with E-state index in [1.807, 2.05) is 18.2 Å². The summed E-state index contributed by atoms with van der Waals surface area (Å²) in [7, 11) is 0. The van der Waals surface area contributed by atoms with Gasteiger partial charge in [-0.2, -0.15) is 0 Å². The first-order chi connectivity index (χ1) is 29.7. The first kappa shape index (κ1) is 35.2. The van der Waals surface area contributed by atoms with Gasteiger partial charge in [-0.1, -0.05) is 182 Å². The fraction of sp³-hybridized carbons (Fsp3) is 0.0182. The second-order valence-electron chi connectivity index (χ2n) is 15.0. The predicted octanol–water partition coefficient (Wildman–Crippen LogP) is 13.9. The van der Waals surface area contributed by atoms with Crippen LogP contribution in [0.25, 0.3) is 83.2 Å². The summed E-state index contributed by atoms with van der Waals surface area (Å²) in [6.45, 7) is 0. The Morgan fingerprint density at radius 1 is 0.417 bits per heavy atom. The zero-order valence-corrected chi connectivity index (χ0v) is 32.5. The van der Waals surface area contributed by atoms with Gasteiger partial charge in [-0.25, -0.2) is 20.0 Å². The van der Waals surface area contributed by atoms with Gasteiger partial charge in [0.25, 0.3) is 0 Å². The number of aromatic nitrogens is 2. The standard InChI is InChI=1S/C55H36N4O/c1-3-11-36(12-4-1)37-23-27-42(28-24-37)55-58-48(40-14-5-2-6-15-40)30-31-49(59-55)41-25-21-38(22-26-41)43-16-9-17-44(33-43)45-18-10-19-46(34-45)52-54-53(57-35-56-52)51-47-20-8-7-13-39(47)29-32-50(51)60-54/h1-30,32-35H,31H2. The van der Waals surface area contributed by atoms with Gasteiger partial charge in [0.15, 0.2) is 11.4 Å². The molecule has 60 heavy (non-hydrogen) atoms. The monoisotopic (exact) mass is 768 g/mol. The van der Waals surface area contributed by atoms with E-state index in [-0.39, 0.29) is 0 Å². The van der Waals surface area contributed by atoms with Gasteiger partial charge in [0.05, 0.1) is 16.8 Å². The summed E-state index contributed by atoms with van der Waals surface area (Å²) in [5.74, 6) is 0.702. The molecule has 10 aromatic rings. The molecular weight excluding hydrogens is 733 g/mol. The van der Waals surface area contributed by atoms with Crippen LogP contribution in [0.15, 0.2) is 221 Å². The van der Waals surface area contributed by atoms with Gasteiger partial charge in [-0.05, 0) is 73.5 Å².